The molecule has 0 spiro atoms. The Balaban J connectivity index is 1.97. The Morgan fingerprint density at radius 1 is 1.30 bits per heavy atom. The zero-order valence-corrected chi connectivity index (χ0v) is 12.8. The quantitative estimate of drug-likeness (QED) is 0.848. The molecule has 106 valence electrons. The van der Waals surface area contributed by atoms with E-state index in [1.807, 2.05) is 12.1 Å². The van der Waals surface area contributed by atoms with E-state index in [2.05, 4.69) is 33.2 Å². The number of hydrogen-bond donors (Lipinski definition) is 1. The number of pyridine rings is 1. The monoisotopic (exact) mass is 338 g/mol. The van der Waals surface area contributed by atoms with Crippen LogP contribution in [0.3, 0.4) is 0 Å². The molecule has 0 radical (unpaired) electrons. The highest BCUT2D eigenvalue weighted by atomic mass is 79.9. The van der Waals surface area contributed by atoms with Gasteiger partial charge in [-0.3, -0.25) is 0 Å². The normalized spacial score (nSPS) is 10.3. The summed E-state index contributed by atoms with van der Waals surface area (Å²) < 4.78 is 19.1. The van der Waals surface area contributed by atoms with E-state index in [0.29, 0.717) is 16.8 Å². The van der Waals surface area contributed by atoms with Gasteiger partial charge >= 0.3 is 0 Å². The standard InChI is InChI=1S/C15H16BrFN2O/c1-2-6-18-15-8-11(5-7-19-15)10-20-12-3-4-14(17)13(16)9-12/h3-5,7-9H,2,6,10H2,1H3,(H,18,19). The van der Waals surface area contributed by atoms with Crippen molar-refractivity contribution in [1.82, 2.24) is 4.98 Å². The fourth-order valence-electron chi connectivity index (χ4n) is 1.65. The van der Waals surface area contributed by atoms with Crippen molar-refractivity contribution in [2.75, 3.05) is 11.9 Å². The van der Waals surface area contributed by atoms with E-state index < -0.39 is 0 Å². The molecular weight excluding hydrogens is 323 g/mol. The first-order chi connectivity index (χ1) is 9.69. The number of anilines is 1. The van der Waals surface area contributed by atoms with Crippen molar-refractivity contribution in [2.24, 2.45) is 0 Å². The molecule has 0 aliphatic rings. The predicted octanol–water partition coefficient (Wildman–Crippen LogP) is 4.38. The van der Waals surface area contributed by atoms with Crippen LogP contribution in [0.15, 0.2) is 41.0 Å². The zero-order valence-electron chi connectivity index (χ0n) is 11.2. The van der Waals surface area contributed by atoms with Crippen molar-refractivity contribution >= 4 is 21.7 Å². The van der Waals surface area contributed by atoms with Gasteiger partial charge in [-0.15, -0.1) is 0 Å². The van der Waals surface area contributed by atoms with Crippen molar-refractivity contribution in [1.29, 1.82) is 0 Å². The van der Waals surface area contributed by atoms with Crippen LogP contribution in [0.2, 0.25) is 0 Å². The highest BCUT2D eigenvalue weighted by molar-refractivity contribution is 9.10. The highest BCUT2D eigenvalue weighted by Crippen LogP contribution is 2.22. The molecule has 0 saturated carbocycles. The molecule has 0 atom stereocenters. The predicted molar refractivity (Wildman–Crippen MR) is 81.4 cm³/mol. The Morgan fingerprint density at radius 3 is 2.90 bits per heavy atom. The van der Waals surface area contributed by atoms with Gasteiger partial charge in [-0.05, 0) is 58.2 Å². The minimum absolute atomic E-state index is 0.299. The maximum Gasteiger partial charge on any atom is 0.137 e. The summed E-state index contributed by atoms with van der Waals surface area (Å²) in [6, 6.07) is 8.45. The van der Waals surface area contributed by atoms with Gasteiger partial charge in [0.1, 0.15) is 24.0 Å². The molecule has 0 aliphatic carbocycles. The van der Waals surface area contributed by atoms with Crippen LogP contribution in [-0.4, -0.2) is 11.5 Å². The Bertz CT molecular complexity index is 578. The van der Waals surface area contributed by atoms with E-state index in [1.165, 1.54) is 6.07 Å². The third-order valence-electron chi connectivity index (χ3n) is 2.68. The molecule has 1 aromatic heterocycles. The molecule has 0 amide bonds. The fourth-order valence-corrected chi connectivity index (χ4v) is 2.00. The van der Waals surface area contributed by atoms with Gasteiger partial charge in [0, 0.05) is 12.7 Å². The lowest BCUT2D eigenvalue weighted by Crippen LogP contribution is -2.03. The van der Waals surface area contributed by atoms with Crippen molar-refractivity contribution in [3.05, 3.63) is 52.4 Å². The first-order valence-electron chi connectivity index (χ1n) is 6.45. The first kappa shape index (κ1) is 14.8. The zero-order chi connectivity index (χ0) is 14.4. The maximum atomic E-state index is 13.1. The molecule has 5 heteroatoms. The number of hydrogen-bond acceptors (Lipinski definition) is 3. The lowest BCUT2D eigenvalue weighted by molar-refractivity contribution is 0.305. The van der Waals surface area contributed by atoms with Gasteiger partial charge in [0.25, 0.3) is 0 Å². The van der Waals surface area contributed by atoms with Crippen molar-refractivity contribution in [3.63, 3.8) is 0 Å². The number of halogens is 2. The van der Waals surface area contributed by atoms with Crippen LogP contribution in [0.4, 0.5) is 10.2 Å². The molecule has 1 N–H and O–H groups in total. The molecule has 2 aromatic rings. The number of ether oxygens (including phenoxy) is 1. The second kappa shape index (κ2) is 7.24. The van der Waals surface area contributed by atoms with Crippen LogP contribution in [0.5, 0.6) is 5.75 Å². The fraction of sp³-hybridized carbons (Fsp3) is 0.267. The van der Waals surface area contributed by atoms with Gasteiger partial charge in [0.2, 0.25) is 0 Å². The molecule has 0 saturated heterocycles. The third kappa shape index (κ3) is 4.20. The molecule has 0 bridgehead atoms. The largest absolute Gasteiger partial charge is 0.489 e. The lowest BCUT2D eigenvalue weighted by atomic mass is 10.2. The average Bonchev–Trinajstić information content (AvgIpc) is 2.47. The Morgan fingerprint density at radius 2 is 2.15 bits per heavy atom. The summed E-state index contributed by atoms with van der Waals surface area (Å²) in [6.07, 6.45) is 2.79. The van der Waals surface area contributed by atoms with Crippen LogP contribution < -0.4 is 10.1 Å². The molecule has 2 rings (SSSR count). The Labute approximate surface area is 126 Å². The van der Waals surface area contributed by atoms with Crippen LogP contribution in [0.1, 0.15) is 18.9 Å². The van der Waals surface area contributed by atoms with Crippen LogP contribution >= 0.6 is 15.9 Å². The molecule has 1 heterocycles. The van der Waals surface area contributed by atoms with E-state index >= 15 is 0 Å². The summed E-state index contributed by atoms with van der Waals surface area (Å²) in [6.45, 7) is 3.41. The number of rotatable bonds is 6. The van der Waals surface area contributed by atoms with Gasteiger partial charge in [-0.1, -0.05) is 6.92 Å². The van der Waals surface area contributed by atoms with Crippen molar-refractivity contribution in [3.8, 4) is 5.75 Å². The highest BCUT2D eigenvalue weighted by Gasteiger charge is 2.02. The smallest absolute Gasteiger partial charge is 0.137 e. The topological polar surface area (TPSA) is 34.1 Å². The first-order valence-corrected chi connectivity index (χ1v) is 7.25. The molecule has 1 aromatic carbocycles. The molecular formula is C15H16BrFN2O. The SMILES string of the molecule is CCCNc1cc(COc2ccc(F)c(Br)c2)ccn1. The molecule has 0 aliphatic heterocycles. The van der Waals surface area contributed by atoms with Gasteiger partial charge in [-0.2, -0.15) is 0 Å². The molecule has 20 heavy (non-hydrogen) atoms. The average molecular weight is 339 g/mol. The second-order valence-electron chi connectivity index (χ2n) is 4.34. The van der Waals surface area contributed by atoms with Crippen LogP contribution in [0.25, 0.3) is 0 Å². The van der Waals surface area contributed by atoms with Gasteiger partial charge < -0.3 is 10.1 Å². The van der Waals surface area contributed by atoms with Crippen molar-refractivity contribution < 1.29 is 9.13 Å². The minimum atomic E-state index is -0.299. The van der Waals surface area contributed by atoms with E-state index in [4.69, 9.17) is 4.74 Å². The lowest BCUT2D eigenvalue weighted by Gasteiger charge is -2.09. The van der Waals surface area contributed by atoms with E-state index in [-0.39, 0.29) is 5.82 Å². The second-order valence-corrected chi connectivity index (χ2v) is 5.20. The Hall–Kier alpha value is -1.62. The number of benzene rings is 1. The third-order valence-corrected chi connectivity index (χ3v) is 3.28. The van der Waals surface area contributed by atoms with Gasteiger partial charge in [-0.25, -0.2) is 9.37 Å². The molecule has 0 unspecified atom stereocenters. The summed E-state index contributed by atoms with van der Waals surface area (Å²) in [4.78, 5) is 4.23. The van der Waals surface area contributed by atoms with E-state index in [9.17, 15) is 4.39 Å². The summed E-state index contributed by atoms with van der Waals surface area (Å²) in [5.74, 6) is 1.17. The summed E-state index contributed by atoms with van der Waals surface area (Å²) in [5, 5.41) is 3.23. The van der Waals surface area contributed by atoms with Crippen LogP contribution in [0, 0.1) is 5.82 Å². The van der Waals surface area contributed by atoms with E-state index in [1.54, 1.807) is 18.3 Å². The van der Waals surface area contributed by atoms with E-state index in [0.717, 1.165) is 24.3 Å². The van der Waals surface area contributed by atoms with Gasteiger partial charge in [0.05, 0.1) is 4.47 Å². The van der Waals surface area contributed by atoms with Crippen LogP contribution in [-0.2, 0) is 6.61 Å². The summed E-state index contributed by atoms with van der Waals surface area (Å²) >= 11 is 3.14. The summed E-state index contributed by atoms with van der Waals surface area (Å²) in [7, 11) is 0. The number of nitrogens with zero attached hydrogens (tertiary/aromatic N) is 1. The number of aromatic nitrogens is 1. The minimum Gasteiger partial charge on any atom is -0.489 e. The molecule has 3 nitrogen and oxygen atoms in total. The van der Waals surface area contributed by atoms with Crippen molar-refractivity contribution in [2.45, 2.75) is 20.0 Å². The maximum absolute atomic E-state index is 13.1. The number of nitrogens with one attached hydrogen (secondary N) is 1. The summed E-state index contributed by atoms with van der Waals surface area (Å²) in [5.41, 5.74) is 1.01. The molecule has 0 fully saturated rings. The Kier molecular flexibility index (Phi) is 5.35. The van der Waals surface area contributed by atoms with Gasteiger partial charge in [0.15, 0.2) is 0 Å².